The summed E-state index contributed by atoms with van der Waals surface area (Å²) in [5.74, 6) is -2.28. The van der Waals surface area contributed by atoms with Crippen LogP contribution < -0.4 is 5.11 Å². The van der Waals surface area contributed by atoms with Crippen LogP contribution in [-0.4, -0.2) is 82.3 Å². The van der Waals surface area contributed by atoms with Crippen LogP contribution in [0.1, 0.15) is 264 Å². The molecule has 0 aromatic carbocycles. The van der Waals surface area contributed by atoms with Gasteiger partial charge in [-0.2, -0.15) is 0 Å². The van der Waals surface area contributed by atoms with Gasteiger partial charge in [0.2, 0.25) is 0 Å². The van der Waals surface area contributed by atoms with E-state index in [2.05, 4.69) is 98.9 Å². The predicted molar refractivity (Wildman–Crippen MR) is 320 cm³/mol. The fourth-order valence-electron chi connectivity index (χ4n) is 8.59. The van der Waals surface area contributed by atoms with Crippen molar-refractivity contribution in [3.8, 4) is 0 Å². The molecular formula is C67H117NO8. The maximum atomic E-state index is 12.9. The van der Waals surface area contributed by atoms with E-state index in [0.717, 1.165) is 89.9 Å². The number of carboxylic acid groups (broad SMARTS) is 1. The van der Waals surface area contributed by atoms with Crippen LogP contribution in [0, 0.1) is 0 Å². The lowest BCUT2D eigenvalue weighted by Crippen LogP contribution is -2.44. The van der Waals surface area contributed by atoms with Gasteiger partial charge >= 0.3 is 11.9 Å². The molecule has 9 nitrogen and oxygen atoms in total. The molecule has 0 aliphatic heterocycles. The lowest BCUT2D eigenvalue weighted by atomic mass is 10.0. The highest BCUT2D eigenvalue weighted by Gasteiger charge is 2.22. The Bertz CT molecular complexity index is 1520. The standard InChI is InChI=1S/C67H117NO8/c1-6-8-10-12-14-16-18-20-22-24-26-27-28-29-30-31-32-33-34-35-36-37-38-39-40-42-44-46-48-50-52-54-56-58-65(70)76-63(62-75-67(66(71)72)73-60-59-68(3,4)5)61-74-64(69)57-55-53-51-49-47-45-43-41-25-23-21-19-17-15-13-11-9-7-2/h8,10,14,16,20,22-23,25-27,29-30,32-33,63,67H,6-7,9,11-13,15,17-19,21,24,28,31,34-62H2,1-5H3/b10-8-,16-14-,22-20-,25-23-,27-26-,30-29-,33-32-. The molecule has 0 aromatic rings. The first-order valence-electron chi connectivity index (χ1n) is 31.2. The molecular weight excluding hydrogens is 947 g/mol. The van der Waals surface area contributed by atoms with Gasteiger partial charge in [-0.3, -0.25) is 9.59 Å². The third kappa shape index (κ3) is 58.2. The van der Waals surface area contributed by atoms with Gasteiger partial charge in [0.15, 0.2) is 12.4 Å². The SMILES string of the molecule is CC/C=C\C/C=C\C/C=C\C/C=C\C/C=C\C/C=C\CCCCCCCCCCCCCCCCC(=O)OC(COC(=O)CCCCCCCCC/C=C\CCCCCCCCC)COC(OCC[N+](C)(C)C)C(=O)[O-]. The largest absolute Gasteiger partial charge is 0.545 e. The zero-order valence-electron chi connectivity index (χ0n) is 49.9. The number of carbonyl (C=O) groups is 3. The summed E-state index contributed by atoms with van der Waals surface area (Å²) in [5.41, 5.74) is 0. The Labute approximate surface area is 468 Å². The number of likely N-dealkylation sites (N-methyl/N-ethyl adjacent to an activating group) is 1. The number of rotatable bonds is 57. The van der Waals surface area contributed by atoms with Crippen molar-refractivity contribution < 1.29 is 42.9 Å². The van der Waals surface area contributed by atoms with E-state index >= 15 is 0 Å². The molecule has 0 aromatic heterocycles. The van der Waals surface area contributed by atoms with Crippen LogP contribution in [0.5, 0.6) is 0 Å². The average Bonchev–Trinajstić information content (AvgIpc) is 3.39. The number of allylic oxidation sites excluding steroid dienone is 14. The summed E-state index contributed by atoms with van der Waals surface area (Å²) in [4.78, 5) is 37.3. The molecule has 2 unspecified atom stereocenters. The summed E-state index contributed by atoms with van der Waals surface area (Å²) >= 11 is 0. The van der Waals surface area contributed by atoms with E-state index in [0.29, 0.717) is 17.4 Å². The van der Waals surface area contributed by atoms with Gasteiger partial charge in [-0.25, -0.2) is 0 Å². The van der Waals surface area contributed by atoms with Crippen molar-refractivity contribution >= 4 is 17.9 Å². The van der Waals surface area contributed by atoms with Crippen LogP contribution in [-0.2, 0) is 33.3 Å². The molecule has 0 fully saturated rings. The fourth-order valence-corrected chi connectivity index (χ4v) is 8.59. The third-order valence-electron chi connectivity index (χ3n) is 13.4. The molecule has 0 saturated carbocycles. The van der Waals surface area contributed by atoms with Crippen molar-refractivity contribution in [3.63, 3.8) is 0 Å². The Morgan fingerprint density at radius 3 is 1.13 bits per heavy atom. The Morgan fingerprint density at radius 2 is 0.750 bits per heavy atom. The van der Waals surface area contributed by atoms with Gasteiger partial charge in [-0.05, 0) is 89.9 Å². The van der Waals surface area contributed by atoms with Gasteiger partial charge in [0.25, 0.3) is 0 Å². The Hall–Kier alpha value is -3.53. The summed E-state index contributed by atoms with van der Waals surface area (Å²) in [7, 11) is 5.92. The van der Waals surface area contributed by atoms with Gasteiger partial charge in [-0.1, -0.05) is 247 Å². The minimum absolute atomic E-state index is 0.145. The highest BCUT2D eigenvalue weighted by atomic mass is 16.7. The molecule has 0 aliphatic carbocycles. The quantitative estimate of drug-likeness (QED) is 0.0195. The van der Waals surface area contributed by atoms with Crippen molar-refractivity contribution in [2.75, 3.05) is 47.5 Å². The van der Waals surface area contributed by atoms with Crippen LogP contribution in [0.4, 0.5) is 0 Å². The summed E-state index contributed by atoms with van der Waals surface area (Å²) in [6.07, 6.45) is 73.5. The molecule has 0 aliphatic rings. The number of hydrogen-bond acceptors (Lipinski definition) is 8. The zero-order chi connectivity index (χ0) is 55.5. The van der Waals surface area contributed by atoms with Gasteiger partial charge in [-0.15, -0.1) is 0 Å². The van der Waals surface area contributed by atoms with Crippen molar-refractivity contribution in [1.29, 1.82) is 0 Å². The third-order valence-corrected chi connectivity index (χ3v) is 13.4. The van der Waals surface area contributed by atoms with Crippen LogP contribution in [0.25, 0.3) is 0 Å². The Morgan fingerprint density at radius 1 is 0.408 bits per heavy atom. The van der Waals surface area contributed by atoms with E-state index in [1.165, 1.54) is 141 Å². The second-order valence-corrected chi connectivity index (χ2v) is 22.0. The van der Waals surface area contributed by atoms with Crippen molar-refractivity contribution in [1.82, 2.24) is 0 Å². The van der Waals surface area contributed by atoms with Gasteiger partial charge in [0.1, 0.15) is 13.2 Å². The first-order chi connectivity index (χ1) is 37.1. The van der Waals surface area contributed by atoms with Gasteiger partial charge in [0.05, 0.1) is 40.3 Å². The number of nitrogens with zero attached hydrogens (tertiary/aromatic N) is 1. The van der Waals surface area contributed by atoms with Gasteiger partial charge in [0, 0.05) is 12.8 Å². The van der Waals surface area contributed by atoms with Crippen LogP contribution in [0.3, 0.4) is 0 Å². The van der Waals surface area contributed by atoms with Crippen LogP contribution in [0.15, 0.2) is 85.1 Å². The summed E-state index contributed by atoms with van der Waals surface area (Å²) < 4.78 is 22.7. The van der Waals surface area contributed by atoms with E-state index in [1.807, 2.05) is 21.1 Å². The molecule has 0 radical (unpaired) electrons. The molecule has 0 saturated heterocycles. The maximum Gasteiger partial charge on any atom is 0.306 e. The highest BCUT2D eigenvalue weighted by Crippen LogP contribution is 2.16. The second kappa shape index (κ2) is 57.6. The summed E-state index contributed by atoms with van der Waals surface area (Å²) in [6.45, 7) is 4.64. The van der Waals surface area contributed by atoms with E-state index in [1.54, 1.807) is 0 Å². The van der Waals surface area contributed by atoms with E-state index in [9.17, 15) is 19.5 Å². The first-order valence-corrected chi connectivity index (χ1v) is 31.2. The van der Waals surface area contributed by atoms with Crippen molar-refractivity contribution in [3.05, 3.63) is 85.1 Å². The lowest BCUT2D eigenvalue weighted by molar-refractivity contribution is -0.870. The highest BCUT2D eigenvalue weighted by molar-refractivity contribution is 5.70. The van der Waals surface area contributed by atoms with Crippen LogP contribution >= 0.6 is 0 Å². The normalized spacial score (nSPS) is 13.3. The molecule has 0 N–H and O–H groups in total. The smallest absolute Gasteiger partial charge is 0.306 e. The molecule has 0 bridgehead atoms. The molecule has 0 spiro atoms. The topological polar surface area (TPSA) is 111 Å². The van der Waals surface area contributed by atoms with E-state index < -0.39 is 24.3 Å². The Kier molecular flexibility index (Phi) is 55.0. The minimum Gasteiger partial charge on any atom is -0.545 e. The number of ether oxygens (including phenoxy) is 4. The van der Waals surface area contributed by atoms with E-state index in [-0.39, 0.29) is 38.6 Å². The fraction of sp³-hybridized carbons (Fsp3) is 0.746. The lowest BCUT2D eigenvalue weighted by Gasteiger charge is -2.26. The first kappa shape index (κ1) is 72.5. The van der Waals surface area contributed by atoms with E-state index in [4.69, 9.17) is 18.9 Å². The number of esters is 2. The van der Waals surface area contributed by atoms with Crippen molar-refractivity contribution in [2.45, 2.75) is 277 Å². The average molecular weight is 1060 g/mol. The van der Waals surface area contributed by atoms with Crippen LogP contribution in [0.2, 0.25) is 0 Å². The number of quaternary nitrogens is 1. The number of carboxylic acids is 1. The molecule has 0 heterocycles. The number of unbranched alkanes of at least 4 members (excludes halogenated alkanes) is 28. The molecule has 0 amide bonds. The van der Waals surface area contributed by atoms with Crippen molar-refractivity contribution in [2.24, 2.45) is 0 Å². The number of hydrogen-bond donors (Lipinski definition) is 0. The zero-order valence-corrected chi connectivity index (χ0v) is 49.9. The minimum atomic E-state index is -1.62. The predicted octanol–water partition coefficient (Wildman–Crippen LogP) is 17.4. The van der Waals surface area contributed by atoms with Gasteiger partial charge < -0.3 is 33.3 Å². The molecule has 9 heteroatoms. The number of aliphatic carboxylic acids is 1. The molecule has 76 heavy (non-hydrogen) atoms. The summed E-state index contributed by atoms with van der Waals surface area (Å²) in [6, 6.07) is 0. The second-order valence-electron chi connectivity index (χ2n) is 22.0. The molecule has 0 rings (SSSR count). The molecule has 438 valence electrons. The maximum absolute atomic E-state index is 12.9. The Balaban J connectivity index is 4.16. The monoisotopic (exact) mass is 1060 g/mol. The summed E-state index contributed by atoms with van der Waals surface area (Å²) in [5, 5.41) is 11.8. The number of carbonyl (C=O) groups excluding carboxylic acids is 3. The molecule has 2 atom stereocenters.